The summed E-state index contributed by atoms with van der Waals surface area (Å²) in [5, 5.41) is 9.17. The van der Waals surface area contributed by atoms with Crippen molar-refractivity contribution in [3.8, 4) is 11.1 Å². The van der Waals surface area contributed by atoms with Crippen molar-refractivity contribution in [2.24, 2.45) is 0 Å². The number of halogens is 3. The van der Waals surface area contributed by atoms with Crippen molar-refractivity contribution in [2.75, 3.05) is 11.9 Å². The number of carbonyl (C=O) groups excluding carboxylic acids is 3. The van der Waals surface area contributed by atoms with Crippen LogP contribution >= 0.6 is 0 Å². The van der Waals surface area contributed by atoms with E-state index in [-0.39, 0.29) is 17.3 Å². The van der Waals surface area contributed by atoms with Crippen LogP contribution in [0.5, 0.6) is 0 Å². The van der Waals surface area contributed by atoms with E-state index in [0.29, 0.717) is 39.7 Å². The third-order valence-corrected chi connectivity index (χ3v) is 7.64. The maximum absolute atomic E-state index is 13.3. The fraction of sp³-hybridized carbons (Fsp3) is 0.189. The van der Waals surface area contributed by atoms with E-state index in [1.807, 2.05) is 18.2 Å². The lowest BCUT2D eigenvalue weighted by molar-refractivity contribution is -0.137. The van der Waals surface area contributed by atoms with Crippen molar-refractivity contribution >= 4 is 34.4 Å². The minimum atomic E-state index is -4.46. The summed E-state index contributed by atoms with van der Waals surface area (Å²) in [7, 11) is 0. The van der Waals surface area contributed by atoms with Crippen molar-refractivity contribution in [3.63, 3.8) is 0 Å². The second-order valence-electron chi connectivity index (χ2n) is 11.0. The molecule has 5 aromatic rings. The summed E-state index contributed by atoms with van der Waals surface area (Å²) in [4.78, 5) is 44.2. The van der Waals surface area contributed by atoms with E-state index >= 15 is 0 Å². The molecule has 3 amide bonds. The molecule has 47 heavy (non-hydrogen) atoms. The number of carbonyl (C=O) groups is 3. The molecule has 4 aromatic carbocycles. The number of nitrogens with zero attached hydrogens (tertiary/aromatic N) is 1. The molecule has 5 rings (SSSR count). The molecular formula is C37H33F3N4O3. The van der Waals surface area contributed by atoms with Crippen molar-refractivity contribution < 1.29 is 27.6 Å². The number of hydrogen-bond donors (Lipinski definition) is 3. The van der Waals surface area contributed by atoms with Gasteiger partial charge in [0.1, 0.15) is 11.9 Å². The monoisotopic (exact) mass is 638 g/mol. The predicted molar refractivity (Wildman–Crippen MR) is 176 cm³/mol. The van der Waals surface area contributed by atoms with Crippen LogP contribution in [0.3, 0.4) is 0 Å². The zero-order valence-corrected chi connectivity index (χ0v) is 25.6. The molecule has 0 fully saturated rings. The first-order valence-corrected chi connectivity index (χ1v) is 15.3. The van der Waals surface area contributed by atoms with Crippen molar-refractivity contribution in [1.29, 1.82) is 0 Å². The maximum Gasteiger partial charge on any atom is 0.416 e. The third-order valence-electron chi connectivity index (χ3n) is 7.64. The van der Waals surface area contributed by atoms with Crippen molar-refractivity contribution in [2.45, 2.75) is 38.4 Å². The molecule has 0 radical (unpaired) electrons. The topological polar surface area (TPSA) is 100 Å². The van der Waals surface area contributed by atoms with E-state index in [2.05, 4.69) is 27.9 Å². The fourth-order valence-electron chi connectivity index (χ4n) is 5.14. The second kappa shape index (κ2) is 14.7. The normalized spacial score (nSPS) is 11.9. The zero-order valence-electron chi connectivity index (χ0n) is 25.6. The Morgan fingerprint density at radius 3 is 2.23 bits per heavy atom. The Morgan fingerprint density at radius 2 is 1.51 bits per heavy atom. The van der Waals surface area contributed by atoms with E-state index in [4.69, 9.17) is 0 Å². The summed E-state index contributed by atoms with van der Waals surface area (Å²) >= 11 is 0. The van der Waals surface area contributed by atoms with Crippen LogP contribution in [-0.2, 0) is 11.0 Å². The first-order chi connectivity index (χ1) is 22.6. The molecule has 7 nitrogen and oxygen atoms in total. The standard InChI is InChI=1S/C37H33F3N4O3/c1-2-3-9-22-41-36(47)33(25-10-5-4-6-11-25)44-34(45)27-16-20-31-26(23-27)17-21-32(42-31)43-35(46)30-13-8-7-12-29(30)24-14-18-28(19-15-24)37(38,39)40/h4-8,10-21,23,33H,2-3,9,22H2,1H3,(H,41,47)(H,44,45)(H,42,43,46)/t33-/m0/s1. The Labute approximate surface area is 270 Å². The molecule has 1 aromatic heterocycles. The van der Waals surface area contributed by atoms with E-state index < -0.39 is 29.6 Å². The van der Waals surface area contributed by atoms with Gasteiger partial charge in [0.25, 0.3) is 11.8 Å². The molecule has 0 aliphatic heterocycles. The van der Waals surface area contributed by atoms with Gasteiger partial charge >= 0.3 is 6.18 Å². The summed E-state index contributed by atoms with van der Waals surface area (Å²) in [6.45, 7) is 2.60. The van der Waals surface area contributed by atoms with E-state index in [1.165, 1.54) is 12.1 Å². The summed E-state index contributed by atoms with van der Waals surface area (Å²) in [6.07, 6.45) is -1.59. The van der Waals surface area contributed by atoms with Crippen LogP contribution in [0.1, 0.15) is 64.1 Å². The first kappa shape index (κ1) is 32.9. The van der Waals surface area contributed by atoms with E-state index in [1.54, 1.807) is 66.7 Å². The van der Waals surface area contributed by atoms with Crippen LogP contribution in [-0.4, -0.2) is 29.3 Å². The highest BCUT2D eigenvalue weighted by Gasteiger charge is 2.30. The van der Waals surface area contributed by atoms with Gasteiger partial charge in [-0.25, -0.2) is 4.98 Å². The number of amides is 3. The van der Waals surface area contributed by atoms with Gasteiger partial charge in [-0.2, -0.15) is 13.2 Å². The van der Waals surface area contributed by atoms with E-state index in [0.717, 1.165) is 31.4 Å². The number of rotatable bonds is 11. The van der Waals surface area contributed by atoms with Crippen LogP contribution in [0.2, 0.25) is 0 Å². The predicted octanol–water partition coefficient (Wildman–Crippen LogP) is 7.95. The molecule has 0 aliphatic carbocycles. The Kier molecular flexibility index (Phi) is 10.3. The van der Waals surface area contributed by atoms with Gasteiger partial charge in [0.2, 0.25) is 5.91 Å². The first-order valence-electron chi connectivity index (χ1n) is 15.3. The van der Waals surface area contributed by atoms with Crippen LogP contribution in [0, 0.1) is 0 Å². The molecule has 0 saturated heterocycles. The lowest BCUT2D eigenvalue weighted by Crippen LogP contribution is -2.40. The van der Waals surface area contributed by atoms with Gasteiger partial charge in [0, 0.05) is 23.1 Å². The molecule has 0 bridgehead atoms. The summed E-state index contributed by atoms with van der Waals surface area (Å²) in [5.41, 5.74) is 1.94. The number of fused-ring (bicyclic) bond motifs is 1. The Morgan fingerprint density at radius 1 is 0.787 bits per heavy atom. The van der Waals surface area contributed by atoms with Crippen LogP contribution < -0.4 is 16.0 Å². The van der Waals surface area contributed by atoms with E-state index in [9.17, 15) is 27.6 Å². The minimum absolute atomic E-state index is 0.255. The number of benzene rings is 4. The number of unbranched alkanes of at least 4 members (excludes halogenated alkanes) is 2. The molecular weight excluding hydrogens is 605 g/mol. The maximum atomic E-state index is 13.3. The third kappa shape index (κ3) is 8.21. The summed E-state index contributed by atoms with van der Waals surface area (Å²) < 4.78 is 39.1. The van der Waals surface area contributed by atoms with Crippen LogP contribution in [0.4, 0.5) is 19.0 Å². The highest BCUT2D eigenvalue weighted by molar-refractivity contribution is 6.09. The SMILES string of the molecule is CCCCCNC(=O)[C@@H](NC(=O)c1ccc2nc(NC(=O)c3ccccc3-c3ccc(C(F)(F)F)cc3)ccc2c1)c1ccccc1. The number of pyridine rings is 1. The Bertz CT molecular complexity index is 1880. The molecule has 1 atom stereocenters. The minimum Gasteiger partial charge on any atom is -0.354 e. The molecule has 1 heterocycles. The number of anilines is 1. The van der Waals surface area contributed by atoms with Gasteiger partial charge in [-0.3, -0.25) is 14.4 Å². The van der Waals surface area contributed by atoms with Gasteiger partial charge in [0.05, 0.1) is 11.1 Å². The van der Waals surface area contributed by atoms with Gasteiger partial charge in [-0.05, 0) is 71.6 Å². The van der Waals surface area contributed by atoms with Gasteiger partial charge in [0.15, 0.2) is 0 Å². The largest absolute Gasteiger partial charge is 0.416 e. The van der Waals surface area contributed by atoms with Gasteiger partial charge in [-0.1, -0.05) is 80.4 Å². The lowest BCUT2D eigenvalue weighted by atomic mass is 9.98. The van der Waals surface area contributed by atoms with Crippen molar-refractivity contribution in [1.82, 2.24) is 15.6 Å². The molecule has 0 aliphatic rings. The van der Waals surface area contributed by atoms with Crippen molar-refractivity contribution in [3.05, 3.63) is 131 Å². The lowest BCUT2D eigenvalue weighted by Gasteiger charge is -2.19. The molecule has 0 spiro atoms. The smallest absolute Gasteiger partial charge is 0.354 e. The summed E-state index contributed by atoms with van der Waals surface area (Å²) in [6, 6.07) is 27.6. The quantitative estimate of drug-likeness (QED) is 0.128. The second-order valence-corrected chi connectivity index (χ2v) is 11.0. The highest BCUT2D eigenvalue weighted by Crippen LogP contribution is 2.32. The van der Waals surface area contributed by atoms with Crippen LogP contribution in [0.25, 0.3) is 22.0 Å². The molecule has 0 unspecified atom stereocenters. The zero-order chi connectivity index (χ0) is 33.4. The van der Waals surface area contributed by atoms with Gasteiger partial charge in [-0.15, -0.1) is 0 Å². The number of alkyl halides is 3. The molecule has 3 N–H and O–H groups in total. The number of hydrogen-bond acceptors (Lipinski definition) is 4. The number of nitrogens with one attached hydrogen (secondary N) is 3. The fourth-order valence-corrected chi connectivity index (χ4v) is 5.14. The molecule has 10 heteroatoms. The van der Waals surface area contributed by atoms with Crippen LogP contribution in [0.15, 0.2) is 109 Å². The average molecular weight is 639 g/mol. The molecule has 0 saturated carbocycles. The Balaban J connectivity index is 1.31. The molecule has 240 valence electrons. The average Bonchev–Trinajstić information content (AvgIpc) is 3.08. The number of aromatic nitrogens is 1. The summed E-state index contributed by atoms with van der Waals surface area (Å²) in [5.74, 6) is -0.945. The Hall–Kier alpha value is -5.51. The highest BCUT2D eigenvalue weighted by atomic mass is 19.4. The van der Waals surface area contributed by atoms with Gasteiger partial charge < -0.3 is 16.0 Å².